The van der Waals surface area contributed by atoms with Crippen molar-refractivity contribution in [2.24, 2.45) is 0 Å². The summed E-state index contributed by atoms with van der Waals surface area (Å²) in [6, 6.07) is 15.0. The van der Waals surface area contributed by atoms with Gasteiger partial charge in [-0.2, -0.15) is 5.26 Å². The zero-order chi connectivity index (χ0) is 28.1. The summed E-state index contributed by atoms with van der Waals surface area (Å²) >= 11 is 0. The zero-order valence-electron chi connectivity index (χ0n) is 23.0. The summed E-state index contributed by atoms with van der Waals surface area (Å²) in [5.74, 6) is -0.111. The van der Waals surface area contributed by atoms with Crippen molar-refractivity contribution in [1.82, 2.24) is 9.38 Å². The van der Waals surface area contributed by atoms with Crippen molar-refractivity contribution >= 4 is 11.2 Å². The molecule has 0 aliphatic carbocycles. The molecule has 0 amide bonds. The molecule has 6 nitrogen and oxygen atoms in total. The van der Waals surface area contributed by atoms with Crippen LogP contribution in [0.2, 0.25) is 0 Å². The van der Waals surface area contributed by atoms with E-state index in [4.69, 9.17) is 13.6 Å². The van der Waals surface area contributed by atoms with E-state index in [9.17, 15) is 14.8 Å². The first kappa shape index (κ1) is 20.1. The molecule has 3 heterocycles. The Kier molecular flexibility index (Phi) is 5.10. The first-order valence-corrected chi connectivity index (χ1v) is 11.5. The largest absolute Gasteiger partial charge is 0.493 e. The van der Waals surface area contributed by atoms with Gasteiger partial charge in [0.1, 0.15) is 24.3 Å². The zero-order valence-corrected chi connectivity index (χ0v) is 20.0. The molecule has 1 unspecified atom stereocenters. The third-order valence-electron chi connectivity index (χ3n) is 6.45. The lowest BCUT2D eigenvalue weighted by Gasteiger charge is -2.17. The summed E-state index contributed by atoms with van der Waals surface area (Å²) < 4.78 is 49.3. The molecule has 1 N–H and O–H groups in total. The van der Waals surface area contributed by atoms with Crippen LogP contribution in [-0.2, 0) is 6.61 Å². The van der Waals surface area contributed by atoms with Crippen LogP contribution in [0.5, 0.6) is 11.5 Å². The fourth-order valence-corrected chi connectivity index (χ4v) is 4.74. The van der Waals surface area contributed by atoms with Gasteiger partial charge in [0, 0.05) is 29.0 Å². The van der Waals surface area contributed by atoms with Gasteiger partial charge in [0.2, 0.25) is 0 Å². The Morgan fingerprint density at radius 2 is 2.06 bits per heavy atom. The summed E-state index contributed by atoms with van der Waals surface area (Å²) in [5, 5.41) is 21.4. The summed E-state index contributed by atoms with van der Waals surface area (Å²) in [6.45, 7) is 5.68. The minimum absolute atomic E-state index is 0.0833. The fourth-order valence-electron chi connectivity index (χ4n) is 4.74. The van der Waals surface area contributed by atoms with Gasteiger partial charge in [-0.15, -0.1) is 0 Å². The van der Waals surface area contributed by atoms with Crippen molar-refractivity contribution in [3.8, 4) is 17.6 Å². The van der Waals surface area contributed by atoms with E-state index in [2.05, 4.69) is 11.1 Å². The molecule has 4 aromatic rings. The Morgan fingerprint density at radius 3 is 2.81 bits per heavy atom. The van der Waals surface area contributed by atoms with Crippen molar-refractivity contribution in [3.05, 3.63) is 99.8 Å². The number of hydrogen-bond acceptors (Lipinski definition) is 5. The first-order chi connectivity index (χ1) is 18.5. The van der Waals surface area contributed by atoms with Crippen LogP contribution in [0.1, 0.15) is 70.5 Å². The van der Waals surface area contributed by atoms with E-state index in [0.717, 1.165) is 11.1 Å². The van der Waals surface area contributed by atoms with Crippen molar-refractivity contribution in [2.75, 3.05) is 7.04 Å². The van der Waals surface area contributed by atoms with Gasteiger partial charge in [-0.3, -0.25) is 4.40 Å². The minimum Gasteiger partial charge on any atom is -0.493 e. The number of aliphatic hydroxyl groups is 1. The maximum Gasteiger partial charge on any atom is 0.180 e. The Hall–Kier alpha value is -4.15. The molecule has 2 aromatic carbocycles. The second kappa shape index (κ2) is 9.14. The van der Waals surface area contributed by atoms with E-state index in [-0.39, 0.29) is 23.9 Å². The third-order valence-corrected chi connectivity index (χ3v) is 6.45. The molecule has 0 spiro atoms. The number of allylic oxidation sites excluding steroid dienone is 1. The highest BCUT2D eigenvalue weighted by Gasteiger charge is 2.27. The van der Waals surface area contributed by atoms with Crippen LogP contribution >= 0.6 is 0 Å². The molecular formula is C29H26FN3O3. The minimum atomic E-state index is -2.66. The molecule has 0 radical (unpaired) electrons. The quantitative estimate of drug-likeness (QED) is 0.362. The molecule has 5 rings (SSSR count). The summed E-state index contributed by atoms with van der Waals surface area (Å²) in [6.07, 6.45) is 0.576. The lowest BCUT2D eigenvalue weighted by atomic mass is 9.89. The number of rotatable bonds is 4. The van der Waals surface area contributed by atoms with Gasteiger partial charge in [-0.05, 0) is 59.9 Å². The number of benzene rings is 2. The number of nitriles is 1. The highest BCUT2D eigenvalue weighted by Crippen LogP contribution is 2.40. The number of aliphatic hydroxyl groups excluding tert-OH is 1. The van der Waals surface area contributed by atoms with Gasteiger partial charge in [0.15, 0.2) is 11.4 Å². The van der Waals surface area contributed by atoms with Crippen LogP contribution in [-0.4, -0.2) is 21.5 Å². The average Bonchev–Trinajstić information content (AvgIpc) is 3.21. The molecule has 0 bridgehead atoms. The van der Waals surface area contributed by atoms with Crippen LogP contribution in [0.15, 0.2) is 60.3 Å². The van der Waals surface area contributed by atoms with E-state index < -0.39 is 19.0 Å². The third kappa shape index (κ3) is 3.80. The topological polar surface area (TPSA) is 79.8 Å². The Balaban J connectivity index is 1.64. The number of ether oxygens (including phenoxy) is 2. The van der Waals surface area contributed by atoms with E-state index in [1.165, 1.54) is 18.2 Å². The van der Waals surface area contributed by atoms with Gasteiger partial charge >= 0.3 is 0 Å². The maximum absolute atomic E-state index is 14.0. The summed E-state index contributed by atoms with van der Waals surface area (Å²) in [5.41, 5.74) is 5.11. The van der Waals surface area contributed by atoms with Crippen molar-refractivity contribution in [2.45, 2.75) is 39.4 Å². The number of aromatic nitrogens is 2. The standard InChI is InChI=1S/C29H26FN3O3/c1-16(2)26-27(33-11-5-6-23(35-4)29(33)32-26)28(34)18-7-9-21-19(12-18)15-36-24-13-20(30)8-10-22(24)25(21)17(3)14-31/h5-13,16,28,34H,15H2,1-4H3/b25-17+/i4D3. The number of nitrogens with zero attached hydrogens (tertiary/aromatic N) is 3. The molecule has 1 aliphatic heterocycles. The van der Waals surface area contributed by atoms with Gasteiger partial charge in [-0.1, -0.05) is 26.0 Å². The number of methoxy groups -OCH3 is 1. The fraction of sp³-hybridized carbons (Fsp3) is 0.241. The lowest BCUT2D eigenvalue weighted by molar-refractivity contribution is 0.212. The highest BCUT2D eigenvalue weighted by molar-refractivity contribution is 5.88. The Morgan fingerprint density at radius 1 is 1.25 bits per heavy atom. The molecule has 0 saturated carbocycles. The first-order valence-electron chi connectivity index (χ1n) is 13.0. The number of fused-ring (bicyclic) bond motifs is 3. The van der Waals surface area contributed by atoms with Crippen LogP contribution < -0.4 is 9.47 Å². The predicted octanol–water partition coefficient (Wildman–Crippen LogP) is 5.92. The molecule has 0 fully saturated rings. The molecule has 36 heavy (non-hydrogen) atoms. The highest BCUT2D eigenvalue weighted by atomic mass is 19.1. The van der Waals surface area contributed by atoms with Crippen molar-refractivity contribution in [1.29, 1.82) is 5.26 Å². The molecule has 1 atom stereocenters. The van der Waals surface area contributed by atoms with Crippen LogP contribution in [0.25, 0.3) is 11.2 Å². The lowest BCUT2D eigenvalue weighted by Crippen LogP contribution is -2.09. The van der Waals surface area contributed by atoms with Gasteiger partial charge < -0.3 is 14.6 Å². The van der Waals surface area contributed by atoms with Crippen molar-refractivity contribution in [3.63, 3.8) is 0 Å². The van der Waals surface area contributed by atoms with E-state index in [0.29, 0.717) is 39.4 Å². The van der Waals surface area contributed by atoms with Gasteiger partial charge in [0.05, 0.1) is 28.6 Å². The molecule has 7 heteroatoms. The summed E-state index contributed by atoms with van der Waals surface area (Å²) in [7, 11) is -2.66. The predicted molar refractivity (Wildman–Crippen MR) is 134 cm³/mol. The maximum atomic E-state index is 14.0. The normalized spacial score (nSPS) is 16.5. The second-order valence-electron chi connectivity index (χ2n) is 9.07. The van der Waals surface area contributed by atoms with E-state index in [1.807, 2.05) is 19.9 Å². The summed E-state index contributed by atoms with van der Waals surface area (Å²) in [4.78, 5) is 4.65. The SMILES string of the molecule is [2H]C([2H])([2H])Oc1cccn2c(C(O)c3ccc4c(c3)COc3cc(F)ccc3/C4=C(\C)C#N)c(C(C)C)nc12. The number of halogens is 1. The Bertz CT molecular complexity index is 1670. The van der Waals surface area contributed by atoms with Gasteiger partial charge in [-0.25, -0.2) is 9.37 Å². The molecule has 182 valence electrons. The number of pyridine rings is 1. The number of imidazole rings is 1. The Labute approximate surface area is 213 Å². The molecule has 0 saturated heterocycles. The van der Waals surface area contributed by atoms with Crippen LogP contribution in [0.4, 0.5) is 4.39 Å². The molecule has 2 aromatic heterocycles. The average molecular weight is 487 g/mol. The second-order valence-corrected chi connectivity index (χ2v) is 9.07. The number of hydrogen-bond donors (Lipinski definition) is 1. The molecule has 1 aliphatic rings. The monoisotopic (exact) mass is 486 g/mol. The van der Waals surface area contributed by atoms with Crippen LogP contribution in [0, 0.1) is 17.1 Å². The van der Waals surface area contributed by atoms with Crippen molar-refractivity contribution < 1.29 is 23.1 Å². The van der Waals surface area contributed by atoms with Crippen LogP contribution in [0.3, 0.4) is 0 Å². The van der Waals surface area contributed by atoms with E-state index >= 15 is 0 Å². The van der Waals surface area contributed by atoms with Gasteiger partial charge in [0.25, 0.3) is 0 Å². The van der Waals surface area contributed by atoms with E-state index in [1.54, 1.807) is 41.8 Å². The molecular weight excluding hydrogens is 457 g/mol. The smallest absolute Gasteiger partial charge is 0.180 e.